The molecule has 0 spiro atoms. The van der Waals surface area contributed by atoms with Crippen LogP contribution >= 0.6 is 0 Å². The molecule has 4 fully saturated rings. The smallest absolute Gasteiger partial charge is 0.331 e. The number of nitrogens with one attached hydrogen (secondary N) is 1. The van der Waals surface area contributed by atoms with Crippen molar-refractivity contribution in [3.63, 3.8) is 0 Å². The Kier molecular flexibility index (Phi) is 5.13. The van der Waals surface area contributed by atoms with Gasteiger partial charge in [0.1, 0.15) is 19.0 Å². The van der Waals surface area contributed by atoms with Gasteiger partial charge in [0.15, 0.2) is 0 Å². The van der Waals surface area contributed by atoms with E-state index < -0.39 is 33.5 Å². The molecule has 4 saturated carbocycles. The van der Waals surface area contributed by atoms with Crippen LogP contribution in [0.1, 0.15) is 64.7 Å². The fraction of sp³-hybridized carbons (Fsp3) is 0.826. The monoisotopic (exact) mass is 451 g/mol. The highest BCUT2D eigenvalue weighted by Crippen LogP contribution is 2.70. The molecule has 9 nitrogen and oxygen atoms in total. The average Bonchev–Trinajstić information content (AvgIpc) is 3.27. The van der Waals surface area contributed by atoms with Gasteiger partial charge in [-0.1, -0.05) is 12.3 Å². The second-order valence-electron chi connectivity index (χ2n) is 11.0. The molecule has 1 unspecified atom stereocenters. The molecule has 0 aromatic rings. The van der Waals surface area contributed by atoms with Crippen LogP contribution in [0.2, 0.25) is 0 Å². The molecule has 0 aromatic heterocycles. The summed E-state index contributed by atoms with van der Waals surface area (Å²) in [6.07, 6.45) is 6.38. The minimum absolute atomic E-state index is 0.0626. The quantitative estimate of drug-likeness (QED) is 0.277. The van der Waals surface area contributed by atoms with Crippen molar-refractivity contribution in [2.75, 3.05) is 6.61 Å². The molecule has 0 aromatic carbocycles. The Morgan fingerprint density at radius 1 is 1.16 bits per heavy atom. The predicted octanol–water partition coefficient (Wildman–Crippen LogP) is 0.609. The van der Waals surface area contributed by atoms with Crippen molar-refractivity contribution in [1.82, 2.24) is 0 Å². The maximum absolute atomic E-state index is 12.6. The van der Waals surface area contributed by atoms with Crippen LogP contribution < -0.4 is 5.39 Å². The summed E-state index contributed by atoms with van der Waals surface area (Å²) in [6, 6.07) is 0. The summed E-state index contributed by atoms with van der Waals surface area (Å²) in [5, 5.41) is 42.5. The Labute approximate surface area is 186 Å². The van der Waals surface area contributed by atoms with Gasteiger partial charge in [-0.3, -0.25) is 0 Å². The summed E-state index contributed by atoms with van der Waals surface area (Å²) in [5.74, 6) is -0.563. The molecule has 4 N–H and O–H groups in total. The average molecular weight is 452 g/mol. The van der Waals surface area contributed by atoms with Crippen molar-refractivity contribution in [3.8, 4) is 0 Å². The van der Waals surface area contributed by atoms with Crippen molar-refractivity contribution in [2.24, 2.45) is 28.6 Å². The Hall–Kier alpha value is -1.36. The van der Waals surface area contributed by atoms with E-state index in [4.69, 9.17) is 14.8 Å². The van der Waals surface area contributed by atoms with Crippen LogP contribution in [0.25, 0.3) is 0 Å². The van der Waals surface area contributed by atoms with Gasteiger partial charge in [0.2, 0.25) is 0 Å². The van der Waals surface area contributed by atoms with E-state index in [1.54, 1.807) is 6.08 Å². The first kappa shape index (κ1) is 22.4. The van der Waals surface area contributed by atoms with Gasteiger partial charge in [0.25, 0.3) is 0 Å². The van der Waals surface area contributed by atoms with Crippen LogP contribution in [0.4, 0.5) is 0 Å². The lowest BCUT2D eigenvalue weighted by molar-refractivity contribution is -1.21. The summed E-state index contributed by atoms with van der Waals surface area (Å²) in [6.45, 7) is 2.39. The molecule has 0 amide bonds. The maximum atomic E-state index is 12.6. The minimum atomic E-state index is -1.37. The van der Waals surface area contributed by atoms with E-state index >= 15 is 0 Å². The zero-order valence-corrected chi connectivity index (χ0v) is 18.4. The molecule has 178 valence electrons. The molecule has 5 rings (SSSR count). The number of carbonyl (C=O) groups excluding carboxylic acids is 2. The van der Waals surface area contributed by atoms with E-state index in [0.717, 1.165) is 18.3 Å². The molecule has 1 heterocycles. The van der Waals surface area contributed by atoms with Gasteiger partial charge in [-0.15, -0.1) is 0 Å². The van der Waals surface area contributed by atoms with Crippen LogP contribution in [0.5, 0.6) is 0 Å². The molecule has 0 bridgehead atoms. The van der Waals surface area contributed by atoms with Crippen molar-refractivity contribution < 1.29 is 40.0 Å². The summed E-state index contributed by atoms with van der Waals surface area (Å²) < 4.78 is 5.15. The molecule has 4 aliphatic carbocycles. The Morgan fingerprint density at radius 3 is 2.56 bits per heavy atom. The third-order valence-electron chi connectivity index (χ3n) is 10.1. The number of fused-ring (bicyclic) bond motifs is 5. The standard InChI is InChI=1S/C23H33NO8/c1-20-6-3-17-18(23(20,28)9-5-16(20)14-10-19(26)31-12-14)4-8-22(27)11-15(32-24(29)30)2-7-21(17,22)13-25/h10,13,15-18,24,27-29H,2-9,11-12H2,1H3/t15-,16+,17-,18+,20+,21-,22-,23-/m0/s1. The second-order valence-corrected chi connectivity index (χ2v) is 11.0. The van der Waals surface area contributed by atoms with Gasteiger partial charge >= 0.3 is 5.97 Å². The molecule has 0 saturated heterocycles. The van der Waals surface area contributed by atoms with Crippen LogP contribution in [0, 0.1) is 33.8 Å². The van der Waals surface area contributed by atoms with Crippen LogP contribution in [0.3, 0.4) is 0 Å². The van der Waals surface area contributed by atoms with Crippen LogP contribution in [0.15, 0.2) is 11.6 Å². The summed E-state index contributed by atoms with van der Waals surface area (Å²) in [5.41, 5.74) is -2.79. The van der Waals surface area contributed by atoms with Gasteiger partial charge in [0.05, 0.1) is 16.6 Å². The highest BCUT2D eigenvalue weighted by atomic mass is 17.1. The van der Waals surface area contributed by atoms with E-state index in [2.05, 4.69) is 6.92 Å². The van der Waals surface area contributed by atoms with Gasteiger partial charge in [0, 0.05) is 17.9 Å². The number of aldehydes is 1. The highest BCUT2D eigenvalue weighted by Gasteiger charge is 2.71. The Bertz CT molecular complexity index is 846. The Balaban J connectivity index is 1.46. The lowest BCUT2D eigenvalue weighted by atomic mass is 9.41. The number of ether oxygens (including phenoxy) is 1. The van der Waals surface area contributed by atoms with Crippen molar-refractivity contribution in [1.29, 1.82) is 0 Å². The molecular formula is C23H33NO8. The van der Waals surface area contributed by atoms with E-state index in [0.29, 0.717) is 44.9 Å². The second kappa shape index (κ2) is 7.32. The number of rotatable bonds is 4. The molecular weight excluding hydrogens is 418 g/mol. The summed E-state index contributed by atoms with van der Waals surface area (Å²) >= 11 is 0. The number of esters is 1. The highest BCUT2D eigenvalue weighted by molar-refractivity contribution is 5.85. The first-order chi connectivity index (χ1) is 15.1. The first-order valence-corrected chi connectivity index (χ1v) is 11.8. The molecule has 0 radical (unpaired) electrons. The number of quaternary nitrogens is 1. The molecule has 9 atom stereocenters. The molecule has 5 aliphatic rings. The fourth-order valence-corrected chi connectivity index (χ4v) is 8.56. The fourth-order valence-electron chi connectivity index (χ4n) is 8.56. The van der Waals surface area contributed by atoms with E-state index in [9.17, 15) is 25.0 Å². The van der Waals surface area contributed by atoms with Crippen molar-refractivity contribution in [3.05, 3.63) is 16.9 Å². The summed E-state index contributed by atoms with van der Waals surface area (Å²) in [4.78, 5) is 29.3. The molecule has 32 heavy (non-hydrogen) atoms. The lowest BCUT2D eigenvalue weighted by Gasteiger charge is -2.65. The van der Waals surface area contributed by atoms with Crippen molar-refractivity contribution in [2.45, 2.75) is 82.0 Å². The third-order valence-corrected chi connectivity index (χ3v) is 10.1. The number of cyclic esters (lactones) is 1. The van der Waals surface area contributed by atoms with E-state index in [-0.39, 0.29) is 36.8 Å². The lowest BCUT2D eigenvalue weighted by Crippen LogP contribution is -3.04. The van der Waals surface area contributed by atoms with Gasteiger partial charge < -0.3 is 25.0 Å². The summed E-state index contributed by atoms with van der Waals surface area (Å²) in [7, 11) is 0. The zero-order valence-electron chi connectivity index (χ0n) is 18.4. The number of hydrogen-bond donors (Lipinski definition) is 4. The van der Waals surface area contributed by atoms with E-state index in [1.165, 1.54) is 0 Å². The zero-order chi connectivity index (χ0) is 22.9. The van der Waals surface area contributed by atoms with Crippen LogP contribution in [-0.4, -0.2) is 51.6 Å². The SMILES string of the molecule is C[C@]12CC[C@H]3[C@@H](CC[C@]4(O)C[C@@H](O[NH+]([O-])O)CC[C@]34C=O)[C@@]1(O)CC[C@@H]2C1=CC(=O)OC1. The first-order valence-electron chi connectivity index (χ1n) is 11.8. The van der Waals surface area contributed by atoms with E-state index in [1.807, 2.05) is 0 Å². The minimum Gasteiger partial charge on any atom is -0.566 e. The Morgan fingerprint density at radius 2 is 1.91 bits per heavy atom. The number of hydrogen-bond acceptors (Lipinski definition) is 8. The predicted molar refractivity (Wildman–Crippen MR) is 109 cm³/mol. The number of aliphatic hydroxyl groups is 2. The van der Waals surface area contributed by atoms with Gasteiger partial charge in [-0.05, 0) is 74.7 Å². The van der Waals surface area contributed by atoms with Gasteiger partial charge in [-0.25, -0.2) is 4.79 Å². The van der Waals surface area contributed by atoms with Crippen LogP contribution in [-0.2, 0) is 19.2 Å². The largest absolute Gasteiger partial charge is 0.566 e. The molecule has 1 aliphatic heterocycles. The number of carbonyl (C=O) groups is 2. The van der Waals surface area contributed by atoms with Gasteiger partial charge in [-0.2, -0.15) is 10.0 Å². The normalized spacial score (nSPS) is 51.2. The molecule has 9 heteroatoms. The topological polar surface area (TPSA) is 141 Å². The van der Waals surface area contributed by atoms with Crippen molar-refractivity contribution >= 4 is 12.3 Å². The third kappa shape index (κ3) is 2.85. The maximum Gasteiger partial charge on any atom is 0.331 e.